The van der Waals surface area contributed by atoms with Crippen LogP contribution in [0.5, 0.6) is 0 Å². The number of halogens is 2. The molecule has 0 bridgehead atoms. The van der Waals surface area contributed by atoms with Gasteiger partial charge in [-0.2, -0.15) is 4.39 Å². The topological polar surface area (TPSA) is 60.2 Å². The smallest absolute Gasteiger partial charge is 0.302 e. The molecular weight excluding hydrogens is 220 g/mol. The van der Waals surface area contributed by atoms with Crippen molar-refractivity contribution in [1.82, 2.24) is 0 Å². The van der Waals surface area contributed by atoms with Crippen LogP contribution in [0.4, 0.5) is 14.5 Å². The lowest BCUT2D eigenvalue weighted by molar-refractivity contribution is -0.387. The van der Waals surface area contributed by atoms with Gasteiger partial charge < -0.3 is 4.79 Å². The van der Waals surface area contributed by atoms with Crippen LogP contribution in [0.15, 0.2) is 12.1 Å². The van der Waals surface area contributed by atoms with Gasteiger partial charge in [0, 0.05) is 5.56 Å². The predicted molar refractivity (Wildman–Crippen MR) is 50.0 cm³/mol. The van der Waals surface area contributed by atoms with Crippen molar-refractivity contribution in [3.63, 3.8) is 0 Å². The zero-order chi connectivity index (χ0) is 11.9. The number of benzene rings is 1. The lowest BCUT2D eigenvalue weighted by Gasteiger charge is -2.08. The summed E-state index contributed by atoms with van der Waals surface area (Å²) >= 11 is 0. The predicted octanol–water partition coefficient (Wildman–Crippen LogP) is 2.10. The highest BCUT2D eigenvalue weighted by molar-refractivity contribution is 5.73. The molecule has 2 rings (SSSR count). The van der Waals surface area contributed by atoms with Crippen LogP contribution in [-0.4, -0.2) is 11.2 Å². The van der Waals surface area contributed by atoms with Crippen molar-refractivity contribution < 1.29 is 18.5 Å². The highest BCUT2D eigenvalue weighted by atomic mass is 19.1. The molecule has 0 spiro atoms. The average molecular weight is 227 g/mol. The minimum absolute atomic E-state index is 0.0920. The first-order chi connectivity index (χ1) is 7.50. The Morgan fingerprint density at radius 3 is 2.38 bits per heavy atom. The average Bonchev–Trinajstić information content (AvgIpc) is 3.01. The molecule has 0 amide bonds. The first-order valence-electron chi connectivity index (χ1n) is 4.60. The van der Waals surface area contributed by atoms with Gasteiger partial charge in [-0.1, -0.05) is 0 Å². The molecule has 0 heterocycles. The highest BCUT2D eigenvalue weighted by Gasteiger charge is 2.47. The molecule has 1 aromatic carbocycles. The van der Waals surface area contributed by atoms with Crippen LogP contribution in [0.3, 0.4) is 0 Å². The van der Waals surface area contributed by atoms with Gasteiger partial charge in [-0.15, -0.1) is 0 Å². The van der Waals surface area contributed by atoms with Crippen LogP contribution in [0.1, 0.15) is 18.4 Å². The molecule has 1 aromatic rings. The molecular formula is C10H7F2NO3. The molecule has 0 atom stereocenters. The second-order valence-corrected chi connectivity index (χ2v) is 3.81. The van der Waals surface area contributed by atoms with E-state index < -0.39 is 27.7 Å². The van der Waals surface area contributed by atoms with Crippen molar-refractivity contribution in [3.8, 4) is 0 Å². The SMILES string of the molecule is O=CC1(c2cc(F)c([N+](=O)[O-])cc2F)CC1. The number of hydrogen-bond acceptors (Lipinski definition) is 3. The number of nitro benzene ring substituents is 1. The second kappa shape index (κ2) is 3.33. The van der Waals surface area contributed by atoms with E-state index in [1.54, 1.807) is 0 Å². The maximum atomic E-state index is 13.5. The largest absolute Gasteiger partial charge is 0.307 e. The quantitative estimate of drug-likeness (QED) is 0.451. The van der Waals surface area contributed by atoms with E-state index in [2.05, 4.69) is 0 Å². The van der Waals surface area contributed by atoms with Gasteiger partial charge in [0.25, 0.3) is 0 Å². The van der Waals surface area contributed by atoms with Crippen LogP contribution in [0, 0.1) is 21.7 Å². The Bertz CT molecular complexity index is 483. The molecule has 1 saturated carbocycles. The zero-order valence-corrected chi connectivity index (χ0v) is 8.07. The summed E-state index contributed by atoms with van der Waals surface area (Å²) in [7, 11) is 0. The Kier molecular flexibility index (Phi) is 2.22. The standard InChI is InChI=1S/C10H7F2NO3/c11-7-4-9(13(15)16)8(12)3-6(7)10(5-14)1-2-10/h3-5H,1-2H2. The molecule has 0 N–H and O–H groups in total. The number of nitro groups is 1. The van der Waals surface area contributed by atoms with Gasteiger partial charge in [-0.25, -0.2) is 4.39 Å². The Hall–Kier alpha value is -1.85. The summed E-state index contributed by atoms with van der Waals surface area (Å²) in [6.45, 7) is 0. The zero-order valence-electron chi connectivity index (χ0n) is 8.07. The minimum Gasteiger partial charge on any atom is -0.302 e. The first-order valence-corrected chi connectivity index (χ1v) is 4.60. The normalized spacial score (nSPS) is 16.9. The van der Waals surface area contributed by atoms with Gasteiger partial charge >= 0.3 is 5.69 Å². The van der Waals surface area contributed by atoms with E-state index in [4.69, 9.17) is 0 Å². The van der Waals surface area contributed by atoms with Crippen molar-refractivity contribution in [1.29, 1.82) is 0 Å². The molecule has 84 valence electrons. The molecule has 0 radical (unpaired) electrons. The van der Waals surface area contributed by atoms with Crippen molar-refractivity contribution in [2.24, 2.45) is 0 Å². The minimum atomic E-state index is -1.12. The summed E-state index contributed by atoms with van der Waals surface area (Å²) in [6, 6.07) is 1.27. The molecule has 1 fully saturated rings. The van der Waals surface area contributed by atoms with Gasteiger partial charge in [0.05, 0.1) is 16.4 Å². The van der Waals surface area contributed by atoms with Crippen molar-refractivity contribution in [3.05, 3.63) is 39.4 Å². The van der Waals surface area contributed by atoms with Crippen LogP contribution in [0.25, 0.3) is 0 Å². The third-order valence-electron chi connectivity index (χ3n) is 2.78. The van der Waals surface area contributed by atoms with Gasteiger partial charge in [0.2, 0.25) is 5.82 Å². The molecule has 0 saturated heterocycles. The summed E-state index contributed by atoms with van der Waals surface area (Å²) in [4.78, 5) is 20.1. The number of rotatable bonds is 3. The lowest BCUT2D eigenvalue weighted by Crippen LogP contribution is -2.11. The van der Waals surface area contributed by atoms with Crippen LogP contribution in [-0.2, 0) is 10.2 Å². The number of aldehydes is 1. The molecule has 1 aliphatic rings. The van der Waals surface area contributed by atoms with E-state index in [1.165, 1.54) is 0 Å². The van der Waals surface area contributed by atoms with Gasteiger partial charge in [0.15, 0.2) is 0 Å². The van der Waals surface area contributed by atoms with Gasteiger partial charge in [-0.3, -0.25) is 10.1 Å². The highest BCUT2D eigenvalue weighted by Crippen LogP contribution is 2.47. The van der Waals surface area contributed by atoms with E-state index in [0.717, 1.165) is 6.07 Å². The molecule has 0 aliphatic heterocycles. The summed E-state index contributed by atoms with van der Waals surface area (Å²) in [5, 5.41) is 10.3. The number of nitrogens with zero attached hydrogens (tertiary/aromatic N) is 1. The van der Waals surface area contributed by atoms with E-state index in [-0.39, 0.29) is 5.56 Å². The fourth-order valence-electron chi connectivity index (χ4n) is 1.64. The van der Waals surface area contributed by atoms with Crippen LogP contribution in [0.2, 0.25) is 0 Å². The third kappa shape index (κ3) is 1.46. The van der Waals surface area contributed by atoms with Crippen LogP contribution >= 0.6 is 0 Å². The summed E-state index contributed by atoms with van der Waals surface area (Å²) in [5.41, 5.74) is -1.98. The molecule has 4 nitrogen and oxygen atoms in total. The fraction of sp³-hybridized carbons (Fsp3) is 0.300. The lowest BCUT2D eigenvalue weighted by atomic mass is 9.96. The summed E-state index contributed by atoms with van der Waals surface area (Å²) < 4.78 is 26.7. The van der Waals surface area contributed by atoms with Crippen molar-refractivity contribution in [2.45, 2.75) is 18.3 Å². The van der Waals surface area contributed by atoms with E-state index in [0.29, 0.717) is 25.2 Å². The van der Waals surface area contributed by atoms with Crippen LogP contribution < -0.4 is 0 Å². The fourth-order valence-corrected chi connectivity index (χ4v) is 1.64. The van der Waals surface area contributed by atoms with Crippen molar-refractivity contribution >= 4 is 12.0 Å². The molecule has 0 unspecified atom stereocenters. The monoisotopic (exact) mass is 227 g/mol. The van der Waals surface area contributed by atoms with Gasteiger partial charge in [0.1, 0.15) is 12.1 Å². The van der Waals surface area contributed by atoms with Gasteiger partial charge in [-0.05, 0) is 18.9 Å². The Morgan fingerprint density at radius 2 is 1.94 bits per heavy atom. The number of carbonyl (C=O) groups is 1. The summed E-state index contributed by atoms with van der Waals surface area (Å²) in [6.07, 6.45) is 1.46. The number of hydrogen-bond donors (Lipinski definition) is 0. The first kappa shape index (κ1) is 10.7. The molecule has 16 heavy (non-hydrogen) atoms. The number of carbonyl (C=O) groups excluding carboxylic acids is 1. The molecule has 0 aromatic heterocycles. The Balaban J connectivity index is 2.54. The molecule has 6 heteroatoms. The second-order valence-electron chi connectivity index (χ2n) is 3.81. The maximum absolute atomic E-state index is 13.5. The third-order valence-corrected chi connectivity index (χ3v) is 2.78. The van der Waals surface area contributed by atoms with E-state index >= 15 is 0 Å². The molecule has 1 aliphatic carbocycles. The maximum Gasteiger partial charge on any atom is 0.307 e. The van der Waals surface area contributed by atoms with E-state index in [1.807, 2.05) is 0 Å². The van der Waals surface area contributed by atoms with Crippen molar-refractivity contribution in [2.75, 3.05) is 0 Å². The summed E-state index contributed by atoms with van der Waals surface area (Å²) in [5.74, 6) is -2.02. The Morgan fingerprint density at radius 1 is 1.31 bits per heavy atom. The Labute approximate surface area is 89.0 Å². The van der Waals surface area contributed by atoms with E-state index in [9.17, 15) is 23.7 Å².